The number of fused-ring (bicyclic) bond motifs is 1. The average molecular weight is 303 g/mol. The topological polar surface area (TPSA) is 87.8 Å². The molecule has 22 heavy (non-hydrogen) atoms. The zero-order chi connectivity index (χ0) is 15.9. The van der Waals surface area contributed by atoms with Crippen molar-refractivity contribution in [1.29, 1.82) is 0 Å². The van der Waals surface area contributed by atoms with Crippen LogP contribution in [0.5, 0.6) is 0 Å². The van der Waals surface area contributed by atoms with Crippen molar-refractivity contribution in [2.75, 3.05) is 0 Å². The molecule has 3 rings (SSSR count). The molecule has 0 amide bonds. The molecule has 0 unspecified atom stereocenters. The smallest absolute Gasteiger partial charge is 0.332 e. The van der Waals surface area contributed by atoms with E-state index >= 15 is 0 Å². The van der Waals surface area contributed by atoms with Crippen molar-refractivity contribution in [1.82, 2.24) is 23.8 Å². The molecular weight excluding hydrogens is 286 g/mol. The molecule has 8 heteroatoms. The maximum Gasteiger partial charge on any atom is 0.332 e. The zero-order valence-electron chi connectivity index (χ0n) is 12.7. The minimum atomic E-state index is -0.423. The normalized spacial score (nSPS) is 11.4. The second kappa shape index (κ2) is 5.28. The molecular formula is C14H17N5O3. The second-order valence-corrected chi connectivity index (χ2v) is 5.28. The van der Waals surface area contributed by atoms with Crippen molar-refractivity contribution in [2.24, 2.45) is 7.05 Å². The SMILES string of the molecule is CCCn1cnc2c1c(=O)n(Cc1cc(C)no1)c(=O)n2C. The molecule has 0 aliphatic rings. The summed E-state index contributed by atoms with van der Waals surface area (Å²) in [6.07, 6.45) is 2.47. The van der Waals surface area contributed by atoms with Crippen molar-refractivity contribution in [3.05, 3.63) is 44.7 Å². The Morgan fingerprint density at radius 2 is 2.09 bits per heavy atom. The first-order valence-corrected chi connectivity index (χ1v) is 7.09. The van der Waals surface area contributed by atoms with E-state index in [2.05, 4.69) is 10.1 Å². The largest absolute Gasteiger partial charge is 0.359 e. The molecule has 3 aromatic rings. The van der Waals surface area contributed by atoms with Gasteiger partial charge in [-0.15, -0.1) is 0 Å². The van der Waals surface area contributed by atoms with Crippen LogP contribution in [0.1, 0.15) is 24.8 Å². The van der Waals surface area contributed by atoms with Gasteiger partial charge < -0.3 is 9.09 Å². The summed E-state index contributed by atoms with van der Waals surface area (Å²) in [5.41, 5.74) is 0.747. The molecule has 0 atom stereocenters. The van der Waals surface area contributed by atoms with Crippen molar-refractivity contribution in [2.45, 2.75) is 33.4 Å². The van der Waals surface area contributed by atoms with Crippen LogP contribution < -0.4 is 11.2 Å². The maximum atomic E-state index is 12.7. The lowest BCUT2D eigenvalue weighted by Crippen LogP contribution is -2.39. The van der Waals surface area contributed by atoms with Crippen molar-refractivity contribution in [3.8, 4) is 0 Å². The Kier molecular flexibility index (Phi) is 3.44. The Morgan fingerprint density at radius 1 is 1.32 bits per heavy atom. The van der Waals surface area contributed by atoms with Gasteiger partial charge in [-0.05, 0) is 13.3 Å². The summed E-state index contributed by atoms with van der Waals surface area (Å²) in [5.74, 6) is 0.470. The third kappa shape index (κ3) is 2.16. The van der Waals surface area contributed by atoms with Gasteiger partial charge in [0.1, 0.15) is 0 Å². The third-order valence-electron chi connectivity index (χ3n) is 3.56. The molecule has 0 aliphatic heterocycles. The van der Waals surface area contributed by atoms with E-state index in [1.165, 1.54) is 4.57 Å². The summed E-state index contributed by atoms with van der Waals surface area (Å²) in [7, 11) is 1.61. The van der Waals surface area contributed by atoms with E-state index in [9.17, 15) is 9.59 Å². The first-order chi connectivity index (χ1) is 10.5. The fourth-order valence-corrected chi connectivity index (χ4v) is 2.52. The molecule has 116 valence electrons. The molecule has 3 heterocycles. The van der Waals surface area contributed by atoms with Crippen molar-refractivity contribution in [3.63, 3.8) is 0 Å². The van der Waals surface area contributed by atoms with E-state index in [4.69, 9.17) is 4.52 Å². The first kappa shape index (κ1) is 14.3. The van der Waals surface area contributed by atoms with Gasteiger partial charge in [0.05, 0.1) is 18.6 Å². The highest BCUT2D eigenvalue weighted by atomic mass is 16.5. The lowest BCUT2D eigenvalue weighted by molar-refractivity contribution is 0.369. The fourth-order valence-electron chi connectivity index (χ4n) is 2.52. The highest BCUT2D eigenvalue weighted by Gasteiger charge is 2.17. The predicted molar refractivity (Wildman–Crippen MR) is 79.9 cm³/mol. The molecule has 3 aromatic heterocycles. The van der Waals surface area contributed by atoms with Gasteiger partial charge in [0.2, 0.25) is 0 Å². The molecule has 0 bridgehead atoms. The van der Waals surface area contributed by atoms with E-state index in [0.717, 1.165) is 11.0 Å². The van der Waals surface area contributed by atoms with Gasteiger partial charge in [-0.2, -0.15) is 0 Å². The first-order valence-electron chi connectivity index (χ1n) is 7.09. The van der Waals surface area contributed by atoms with Crippen LogP contribution in [0.2, 0.25) is 0 Å². The summed E-state index contributed by atoms with van der Waals surface area (Å²) in [5, 5.41) is 3.78. The van der Waals surface area contributed by atoms with E-state index in [1.807, 2.05) is 6.92 Å². The van der Waals surface area contributed by atoms with Gasteiger partial charge in [-0.1, -0.05) is 12.1 Å². The number of hydrogen-bond acceptors (Lipinski definition) is 5. The van der Waals surface area contributed by atoms with Crippen molar-refractivity contribution >= 4 is 11.2 Å². The molecule has 0 saturated heterocycles. The maximum absolute atomic E-state index is 12.7. The summed E-state index contributed by atoms with van der Waals surface area (Å²) < 4.78 is 9.42. The number of rotatable bonds is 4. The van der Waals surface area contributed by atoms with Crippen LogP contribution in [-0.4, -0.2) is 23.8 Å². The lowest BCUT2D eigenvalue weighted by atomic mass is 10.3. The lowest BCUT2D eigenvalue weighted by Gasteiger charge is -2.08. The fraction of sp³-hybridized carbons (Fsp3) is 0.429. The van der Waals surface area contributed by atoms with Gasteiger partial charge in [0, 0.05) is 19.7 Å². The number of imidazole rings is 1. The van der Waals surface area contributed by atoms with Gasteiger partial charge in [-0.3, -0.25) is 13.9 Å². The van der Waals surface area contributed by atoms with Crippen molar-refractivity contribution < 1.29 is 4.52 Å². The Morgan fingerprint density at radius 3 is 2.73 bits per heavy atom. The number of nitrogens with zero attached hydrogens (tertiary/aromatic N) is 5. The molecule has 0 fully saturated rings. The predicted octanol–water partition coefficient (Wildman–Crippen LogP) is 0.651. The monoisotopic (exact) mass is 303 g/mol. The van der Waals surface area contributed by atoms with Crippen LogP contribution in [-0.2, 0) is 20.1 Å². The highest BCUT2D eigenvalue weighted by Crippen LogP contribution is 2.08. The summed E-state index contributed by atoms with van der Waals surface area (Å²) in [4.78, 5) is 29.3. The molecule has 0 saturated carbocycles. The standard InChI is InChI=1S/C14H17N5O3/c1-4-5-18-8-15-12-11(18)13(20)19(14(21)17(12)3)7-10-6-9(2)16-22-10/h6,8H,4-5,7H2,1-3H3. The quantitative estimate of drug-likeness (QED) is 0.706. The Hall–Kier alpha value is -2.64. The minimum Gasteiger partial charge on any atom is -0.359 e. The molecule has 0 aliphatic carbocycles. The van der Waals surface area contributed by atoms with Crippen LogP contribution in [0, 0.1) is 6.92 Å². The third-order valence-corrected chi connectivity index (χ3v) is 3.56. The summed E-state index contributed by atoms with van der Waals surface area (Å²) in [6, 6.07) is 1.71. The van der Waals surface area contributed by atoms with Crippen LogP contribution in [0.4, 0.5) is 0 Å². The molecule has 0 N–H and O–H groups in total. The number of hydrogen-bond donors (Lipinski definition) is 0. The molecule has 0 aromatic carbocycles. The minimum absolute atomic E-state index is 0.0552. The molecule has 8 nitrogen and oxygen atoms in total. The molecule has 0 radical (unpaired) electrons. The van der Waals surface area contributed by atoms with E-state index < -0.39 is 5.69 Å². The number of aryl methyl sites for hydroxylation is 3. The second-order valence-electron chi connectivity index (χ2n) is 5.28. The number of aromatic nitrogens is 5. The van der Waals surface area contributed by atoms with E-state index in [1.54, 1.807) is 30.9 Å². The van der Waals surface area contributed by atoms with Gasteiger partial charge >= 0.3 is 5.69 Å². The van der Waals surface area contributed by atoms with Gasteiger partial charge in [0.25, 0.3) is 5.56 Å². The van der Waals surface area contributed by atoms with E-state index in [-0.39, 0.29) is 12.1 Å². The Bertz CT molecular complexity index is 944. The van der Waals surface area contributed by atoms with Crippen LogP contribution in [0.15, 0.2) is 26.5 Å². The highest BCUT2D eigenvalue weighted by molar-refractivity contribution is 5.69. The zero-order valence-corrected chi connectivity index (χ0v) is 12.7. The molecule has 0 spiro atoms. The Labute approximate surface area is 125 Å². The van der Waals surface area contributed by atoms with E-state index in [0.29, 0.717) is 29.2 Å². The van der Waals surface area contributed by atoms with Crippen LogP contribution in [0.3, 0.4) is 0 Å². The average Bonchev–Trinajstić information content (AvgIpc) is 3.08. The van der Waals surface area contributed by atoms with Gasteiger partial charge in [0.15, 0.2) is 16.9 Å². The Balaban J connectivity index is 2.23. The van der Waals surface area contributed by atoms with Gasteiger partial charge in [-0.25, -0.2) is 9.78 Å². The summed E-state index contributed by atoms with van der Waals surface area (Å²) in [6.45, 7) is 4.53. The summed E-state index contributed by atoms with van der Waals surface area (Å²) >= 11 is 0. The van der Waals surface area contributed by atoms with Crippen LogP contribution in [0.25, 0.3) is 11.2 Å². The van der Waals surface area contributed by atoms with Crippen LogP contribution >= 0.6 is 0 Å².